The van der Waals surface area contributed by atoms with Crippen LogP contribution in [0.1, 0.15) is 35.9 Å². The first-order valence-corrected chi connectivity index (χ1v) is 8.79. The fraction of sp³-hybridized carbons (Fsp3) is 0.421. The Labute approximate surface area is 160 Å². The molecule has 1 aromatic carbocycles. The topological polar surface area (TPSA) is 84.7 Å². The van der Waals surface area contributed by atoms with Crippen LogP contribution >= 0.6 is 0 Å². The number of nitrogens with zero attached hydrogens (tertiary/aromatic N) is 2. The van der Waals surface area contributed by atoms with Crippen LogP contribution in [0.5, 0.6) is 5.75 Å². The minimum Gasteiger partial charge on any atom is -0.435 e. The number of halogens is 2. The predicted octanol–water partition coefficient (Wildman–Crippen LogP) is 3.34. The van der Waals surface area contributed by atoms with Gasteiger partial charge in [0.05, 0.1) is 12.2 Å². The molecule has 1 unspecified atom stereocenters. The molecule has 1 fully saturated rings. The van der Waals surface area contributed by atoms with Crippen LogP contribution in [0.15, 0.2) is 28.8 Å². The first kappa shape index (κ1) is 19.8. The highest BCUT2D eigenvalue weighted by Gasteiger charge is 2.47. The number of rotatable bonds is 7. The fourth-order valence-corrected chi connectivity index (χ4v) is 3.18. The number of aromatic nitrogens is 1. The van der Waals surface area contributed by atoms with E-state index in [9.17, 15) is 18.4 Å². The molecule has 2 aromatic rings. The van der Waals surface area contributed by atoms with Crippen LogP contribution < -0.4 is 10.1 Å². The number of nitrogens with one attached hydrogen (secondary N) is 1. The molecule has 2 heterocycles. The number of amides is 3. The smallest absolute Gasteiger partial charge is 0.387 e. The average molecular weight is 393 g/mol. The molecule has 1 saturated heterocycles. The van der Waals surface area contributed by atoms with Crippen molar-refractivity contribution in [3.8, 4) is 5.75 Å². The van der Waals surface area contributed by atoms with Crippen molar-refractivity contribution < 1.29 is 27.6 Å². The molecule has 1 N–H and O–H groups in total. The SMILES string of the molecule is Cc1noc(C)c1CN1C(=O)NC(C)(CCc2ccc(OC(F)F)cc2)C1=O. The van der Waals surface area contributed by atoms with Crippen molar-refractivity contribution in [1.82, 2.24) is 15.4 Å². The summed E-state index contributed by atoms with van der Waals surface area (Å²) in [5.41, 5.74) is 1.14. The molecule has 3 rings (SSSR count). The molecule has 7 nitrogen and oxygen atoms in total. The highest BCUT2D eigenvalue weighted by molar-refractivity contribution is 6.06. The Morgan fingerprint density at radius 2 is 1.93 bits per heavy atom. The second kappa shape index (κ2) is 7.57. The highest BCUT2D eigenvalue weighted by atomic mass is 19.3. The summed E-state index contributed by atoms with van der Waals surface area (Å²) in [5, 5.41) is 6.60. The van der Waals surface area contributed by atoms with Gasteiger partial charge in [-0.1, -0.05) is 17.3 Å². The van der Waals surface area contributed by atoms with E-state index in [2.05, 4.69) is 15.2 Å². The van der Waals surface area contributed by atoms with E-state index < -0.39 is 18.2 Å². The van der Waals surface area contributed by atoms with Crippen LogP contribution in [-0.2, 0) is 17.8 Å². The molecule has 1 atom stereocenters. The minimum absolute atomic E-state index is 0.0702. The Morgan fingerprint density at radius 3 is 2.50 bits per heavy atom. The molecule has 0 saturated carbocycles. The number of carbonyl (C=O) groups is 2. The molecule has 0 bridgehead atoms. The lowest BCUT2D eigenvalue weighted by atomic mass is 9.93. The van der Waals surface area contributed by atoms with Gasteiger partial charge < -0.3 is 14.6 Å². The summed E-state index contributed by atoms with van der Waals surface area (Å²) in [6.45, 7) is 2.38. The Morgan fingerprint density at radius 1 is 1.25 bits per heavy atom. The van der Waals surface area contributed by atoms with Crippen molar-refractivity contribution in [3.63, 3.8) is 0 Å². The van der Waals surface area contributed by atoms with Crippen molar-refractivity contribution >= 4 is 11.9 Å². The third kappa shape index (κ3) is 3.97. The number of benzene rings is 1. The van der Waals surface area contributed by atoms with Gasteiger partial charge in [0, 0.05) is 5.56 Å². The van der Waals surface area contributed by atoms with E-state index in [1.54, 1.807) is 32.9 Å². The largest absolute Gasteiger partial charge is 0.435 e. The number of urea groups is 1. The van der Waals surface area contributed by atoms with Crippen LogP contribution in [-0.4, -0.2) is 34.1 Å². The van der Waals surface area contributed by atoms with Gasteiger partial charge in [-0.25, -0.2) is 4.79 Å². The van der Waals surface area contributed by atoms with Gasteiger partial charge in [-0.05, 0) is 51.3 Å². The molecular weight excluding hydrogens is 372 g/mol. The van der Waals surface area contributed by atoms with Gasteiger partial charge in [0.1, 0.15) is 17.0 Å². The van der Waals surface area contributed by atoms with Gasteiger partial charge in [-0.3, -0.25) is 9.69 Å². The number of imide groups is 1. The summed E-state index contributed by atoms with van der Waals surface area (Å²) < 4.78 is 33.8. The lowest BCUT2D eigenvalue weighted by Crippen LogP contribution is -2.44. The zero-order valence-corrected chi connectivity index (χ0v) is 15.8. The Kier molecular flexibility index (Phi) is 5.35. The Balaban J connectivity index is 1.65. The number of aryl methyl sites for hydroxylation is 3. The number of ether oxygens (including phenoxy) is 1. The predicted molar refractivity (Wildman–Crippen MR) is 94.9 cm³/mol. The summed E-state index contributed by atoms with van der Waals surface area (Å²) in [6.07, 6.45) is 0.849. The number of carbonyl (C=O) groups excluding carboxylic acids is 2. The van der Waals surface area contributed by atoms with E-state index in [1.165, 1.54) is 12.1 Å². The van der Waals surface area contributed by atoms with Crippen molar-refractivity contribution in [2.24, 2.45) is 0 Å². The Hall–Kier alpha value is -2.97. The van der Waals surface area contributed by atoms with Gasteiger partial charge in [-0.2, -0.15) is 8.78 Å². The van der Waals surface area contributed by atoms with Crippen molar-refractivity contribution in [2.75, 3.05) is 0 Å². The van der Waals surface area contributed by atoms with Crippen LogP contribution in [0.3, 0.4) is 0 Å². The van der Waals surface area contributed by atoms with E-state index in [0.29, 0.717) is 29.9 Å². The van der Waals surface area contributed by atoms with Gasteiger partial charge in [0.2, 0.25) is 0 Å². The zero-order chi connectivity index (χ0) is 20.5. The fourth-order valence-electron chi connectivity index (χ4n) is 3.18. The second-order valence-electron chi connectivity index (χ2n) is 6.98. The molecule has 0 spiro atoms. The molecule has 1 aliphatic rings. The molecule has 0 aliphatic carbocycles. The van der Waals surface area contributed by atoms with E-state index in [0.717, 1.165) is 10.5 Å². The highest BCUT2D eigenvalue weighted by Crippen LogP contribution is 2.27. The van der Waals surface area contributed by atoms with E-state index in [4.69, 9.17) is 4.52 Å². The Bertz CT molecular complexity index is 862. The molecule has 1 aliphatic heterocycles. The van der Waals surface area contributed by atoms with Crippen LogP contribution in [0, 0.1) is 13.8 Å². The summed E-state index contributed by atoms with van der Waals surface area (Å²) in [6, 6.07) is 5.74. The third-order valence-electron chi connectivity index (χ3n) is 4.90. The maximum absolute atomic E-state index is 12.9. The molecule has 150 valence electrons. The van der Waals surface area contributed by atoms with Crippen LogP contribution in [0.25, 0.3) is 0 Å². The third-order valence-corrected chi connectivity index (χ3v) is 4.90. The quantitative estimate of drug-likeness (QED) is 0.730. The molecule has 1 aromatic heterocycles. The maximum Gasteiger partial charge on any atom is 0.387 e. The van der Waals surface area contributed by atoms with Crippen LogP contribution in [0.2, 0.25) is 0 Å². The molecule has 0 radical (unpaired) electrons. The summed E-state index contributed by atoms with van der Waals surface area (Å²) in [4.78, 5) is 26.4. The molecular formula is C19H21F2N3O4. The van der Waals surface area contributed by atoms with Crippen molar-refractivity contribution in [3.05, 3.63) is 46.8 Å². The monoisotopic (exact) mass is 393 g/mol. The summed E-state index contributed by atoms with van der Waals surface area (Å²) in [7, 11) is 0. The van der Waals surface area contributed by atoms with Gasteiger partial charge in [-0.15, -0.1) is 0 Å². The average Bonchev–Trinajstić information content (AvgIpc) is 3.06. The van der Waals surface area contributed by atoms with E-state index >= 15 is 0 Å². The van der Waals surface area contributed by atoms with Crippen molar-refractivity contribution in [1.29, 1.82) is 0 Å². The van der Waals surface area contributed by atoms with Crippen LogP contribution in [0.4, 0.5) is 13.6 Å². The van der Waals surface area contributed by atoms with Gasteiger partial charge in [0.25, 0.3) is 5.91 Å². The van der Waals surface area contributed by atoms with Gasteiger partial charge in [0.15, 0.2) is 0 Å². The molecule has 9 heteroatoms. The lowest BCUT2D eigenvalue weighted by Gasteiger charge is -2.21. The molecule has 28 heavy (non-hydrogen) atoms. The van der Waals surface area contributed by atoms with Crippen molar-refractivity contribution in [2.45, 2.75) is 52.3 Å². The molecule has 3 amide bonds. The van der Waals surface area contributed by atoms with E-state index in [1.807, 2.05) is 0 Å². The van der Waals surface area contributed by atoms with Gasteiger partial charge >= 0.3 is 12.6 Å². The number of hydrogen-bond acceptors (Lipinski definition) is 5. The maximum atomic E-state index is 12.9. The lowest BCUT2D eigenvalue weighted by molar-refractivity contribution is -0.131. The first-order valence-electron chi connectivity index (χ1n) is 8.79. The summed E-state index contributed by atoms with van der Waals surface area (Å²) >= 11 is 0. The standard InChI is InChI=1S/C19H21F2N3O4/c1-11-15(12(2)28-23-11)10-24-16(25)19(3,22-18(24)26)9-8-13-4-6-14(7-5-13)27-17(20)21/h4-7,17H,8-10H2,1-3H3,(H,22,26). The normalized spacial score (nSPS) is 19.4. The number of alkyl halides is 2. The zero-order valence-electron chi connectivity index (χ0n) is 15.8. The first-order chi connectivity index (χ1) is 13.2. The minimum atomic E-state index is -2.88. The second-order valence-corrected chi connectivity index (χ2v) is 6.98. The number of hydrogen-bond donors (Lipinski definition) is 1. The summed E-state index contributed by atoms with van der Waals surface area (Å²) in [5.74, 6) is 0.314. The van der Waals surface area contributed by atoms with E-state index in [-0.39, 0.29) is 18.2 Å².